The van der Waals surface area contributed by atoms with Crippen molar-refractivity contribution in [1.82, 2.24) is 5.32 Å². The van der Waals surface area contributed by atoms with Crippen molar-refractivity contribution in [3.8, 4) is 11.5 Å². The maximum Gasteiger partial charge on any atom is 0.161 e. The zero-order chi connectivity index (χ0) is 12.8. The molecule has 2 rings (SSSR count). The molecule has 1 aromatic rings. The van der Waals surface area contributed by atoms with E-state index in [9.17, 15) is 0 Å². The van der Waals surface area contributed by atoms with Crippen molar-refractivity contribution in [2.45, 2.75) is 32.7 Å². The molecule has 0 amide bonds. The van der Waals surface area contributed by atoms with E-state index >= 15 is 0 Å². The number of ether oxygens (including phenoxy) is 2. The summed E-state index contributed by atoms with van der Waals surface area (Å²) in [6.07, 6.45) is 3.92. The molecule has 0 heterocycles. The number of rotatable bonds is 8. The highest BCUT2D eigenvalue weighted by Crippen LogP contribution is 2.33. The van der Waals surface area contributed by atoms with Crippen LogP contribution in [0, 0.1) is 5.92 Å². The second kappa shape index (κ2) is 6.64. The summed E-state index contributed by atoms with van der Waals surface area (Å²) in [5.41, 5.74) is 1.23. The third-order valence-electron chi connectivity index (χ3n) is 3.29. The fourth-order valence-corrected chi connectivity index (χ4v) is 1.95. The van der Waals surface area contributed by atoms with Gasteiger partial charge in [0, 0.05) is 6.54 Å². The lowest BCUT2D eigenvalue weighted by molar-refractivity contribution is 0.283. The molecule has 3 heteroatoms. The Hall–Kier alpha value is -1.22. The van der Waals surface area contributed by atoms with Gasteiger partial charge in [0.1, 0.15) is 0 Å². The number of hydrogen-bond donors (Lipinski definition) is 1. The van der Waals surface area contributed by atoms with Gasteiger partial charge in [0.05, 0.1) is 13.7 Å². The third kappa shape index (κ3) is 3.91. The van der Waals surface area contributed by atoms with Crippen molar-refractivity contribution in [3.63, 3.8) is 0 Å². The fourth-order valence-electron chi connectivity index (χ4n) is 1.95. The first-order chi connectivity index (χ1) is 8.83. The fraction of sp³-hybridized carbons (Fsp3) is 0.600. The first-order valence-electron chi connectivity index (χ1n) is 6.84. The summed E-state index contributed by atoms with van der Waals surface area (Å²) in [5, 5.41) is 3.31. The van der Waals surface area contributed by atoms with Crippen LogP contribution in [0.2, 0.25) is 0 Å². The Morgan fingerprint density at radius 1 is 1.28 bits per heavy atom. The Bertz CT molecular complexity index is 375. The molecule has 0 bridgehead atoms. The molecule has 0 spiro atoms. The first kappa shape index (κ1) is 13.2. The van der Waals surface area contributed by atoms with E-state index in [1.54, 1.807) is 7.11 Å². The van der Waals surface area contributed by atoms with Gasteiger partial charge in [-0.05, 0) is 36.6 Å². The Morgan fingerprint density at radius 3 is 2.78 bits per heavy atom. The van der Waals surface area contributed by atoms with E-state index in [0.717, 1.165) is 37.1 Å². The van der Waals surface area contributed by atoms with Crippen molar-refractivity contribution in [2.24, 2.45) is 5.92 Å². The summed E-state index contributed by atoms with van der Waals surface area (Å²) in [6, 6.07) is 6.16. The zero-order valence-corrected chi connectivity index (χ0v) is 11.4. The molecule has 0 aliphatic heterocycles. The molecule has 1 saturated carbocycles. The van der Waals surface area contributed by atoms with E-state index in [1.165, 1.54) is 24.8 Å². The predicted molar refractivity (Wildman–Crippen MR) is 73.2 cm³/mol. The molecule has 1 fully saturated rings. The SMILES string of the molecule is CCNCc1ccc(OCCC2CC2)c(OC)c1. The average Bonchev–Trinajstić information content (AvgIpc) is 3.21. The van der Waals surface area contributed by atoms with Crippen LogP contribution in [0.5, 0.6) is 11.5 Å². The average molecular weight is 249 g/mol. The Labute approximate surface area is 109 Å². The van der Waals surface area contributed by atoms with Crippen LogP contribution in [0.25, 0.3) is 0 Å². The van der Waals surface area contributed by atoms with Crippen LogP contribution >= 0.6 is 0 Å². The lowest BCUT2D eigenvalue weighted by Gasteiger charge is -2.12. The number of methoxy groups -OCH3 is 1. The Balaban J connectivity index is 1.90. The van der Waals surface area contributed by atoms with Crippen molar-refractivity contribution in [2.75, 3.05) is 20.3 Å². The highest BCUT2D eigenvalue weighted by molar-refractivity contribution is 5.42. The molecule has 0 atom stereocenters. The minimum Gasteiger partial charge on any atom is -0.493 e. The number of nitrogens with one attached hydrogen (secondary N) is 1. The Morgan fingerprint density at radius 2 is 2.11 bits per heavy atom. The molecule has 18 heavy (non-hydrogen) atoms. The van der Waals surface area contributed by atoms with Gasteiger partial charge < -0.3 is 14.8 Å². The minimum atomic E-state index is 0.799. The lowest BCUT2D eigenvalue weighted by Crippen LogP contribution is -2.11. The summed E-state index contributed by atoms with van der Waals surface area (Å²) in [5.74, 6) is 2.60. The molecule has 1 aromatic carbocycles. The monoisotopic (exact) mass is 249 g/mol. The van der Waals surface area contributed by atoms with Crippen LogP contribution in [-0.2, 0) is 6.54 Å². The van der Waals surface area contributed by atoms with Crippen molar-refractivity contribution < 1.29 is 9.47 Å². The van der Waals surface area contributed by atoms with Crippen LogP contribution in [0.4, 0.5) is 0 Å². The highest BCUT2D eigenvalue weighted by Gasteiger charge is 2.20. The van der Waals surface area contributed by atoms with Gasteiger partial charge in [-0.15, -0.1) is 0 Å². The zero-order valence-electron chi connectivity index (χ0n) is 11.4. The molecule has 3 nitrogen and oxygen atoms in total. The van der Waals surface area contributed by atoms with Gasteiger partial charge in [-0.2, -0.15) is 0 Å². The molecule has 1 N–H and O–H groups in total. The van der Waals surface area contributed by atoms with Crippen LogP contribution in [0.3, 0.4) is 0 Å². The quantitative estimate of drug-likeness (QED) is 0.768. The maximum atomic E-state index is 5.79. The molecular formula is C15H23NO2. The summed E-state index contributed by atoms with van der Waals surface area (Å²) in [7, 11) is 1.69. The topological polar surface area (TPSA) is 30.5 Å². The smallest absolute Gasteiger partial charge is 0.161 e. The molecule has 0 unspecified atom stereocenters. The van der Waals surface area contributed by atoms with Crippen LogP contribution < -0.4 is 14.8 Å². The molecular weight excluding hydrogens is 226 g/mol. The standard InChI is InChI=1S/C15H23NO2/c1-3-16-11-13-6-7-14(15(10-13)17-2)18-9-8-12-4-5-12/h6-7,10,12,16H,3-5,8-9,11H2,1-2H3. The third-order valence-corrected chi connectivity index (χ3v) is 3.29. The maximum absolute atomic E-state index is 5.79. The Kier molecular flexibility index (Phi) is 4.88. The van der Waals surface area contributed by atoms with Gasteiger partial charge in [-0.25, -0.2) is 0 Å². The molecule has 1 aliphatic carbocycles. The van der Waals surface area contributed by atoms with Gasteiger partial charge in [-0.1, -0.05) is 25.8 Å². The van der Waals surface area contributed by atoms with Crippen LogP contribution in [0.15, 0.2) is 18.2 Å². The van der Waals surface area contributed by atoms with Crippen LogP contribution in [-0.4, -0.2) is 20.3 Å². The van der Waals surface area contributed by atoms with E-state index in [0.29, 0.717) is 0 Å². The van der Waals surface area contributed by atoms with E-state index in [-0.39, 0.29) is 0 Å². The van der Waals surface area contributed by atoms with Crippen molar-refractivity contribution in [3.05, 3.63) is 23.8 Å². The van der Waals surface area contributed by atoms with Gasteiger partial charge in [0.2, 0.25) is 0 Å². The van der Waals surface area contributed by atoms with Gasteiger partial charge >= 0.3 is 0 Å². The summed E-state index contributed by atoms with van der Waals surface area (Å²) in [6.45, 7) is 4.75. The molecule has 1 aliphatic rings. The highest BCUT2D eigenvalue weighted by atomic mass is 16.5. The van der Waals surface area contributed by atoms with Gasteiger partial charge in [0.25, 0.3) is 0 Å². The van der Waals surface area contributed by atoms with E-state index in [1.807, 2.05) is 6.07 Å². The van der Waals surface area contributed by atoms with Gasteiger partial charge in [0.15, 0.2) is 11.5 Å². The normalized spacial score (nSPS) is 14.6. The second-order valence-electron chi connectivity index (χ2n) is 4.85. The van der Waals surface area contributed by atoms with E-state index < -0.39 is 0 Å². The molecule has 100 valence electrons. The molecule has 0 aromatic heterocycles. The molecule has 0 saturated heterocycles. The summed E-state index contributed by atoms with van der Waals surface area (Å²) in [4.78, 5) is 0. The predicted octanol–water partition coefficient (Wildman–Crippen LogP) is 2.98. The van der Waals surface area contributed by atoms with E-state index in [4.69, 9.17) is 9.47 Å². The number of hydrogen-bond acceptors (Lipinski definition) is 3. The van der Waals surface area contributed by atoms with Crippen LogP contribution in [0.1, 0.15) is 31.7 Å². The van der Waals surface area contributed by atoms with E-state index in [2.05, 4.69) is 24.4 Å². The lowest BCUT2D eigenvalue weighted by atomic mass is 10.2. The minimum absolute atomic E-state index is 0.799. The van der Waals surface area contributed by atoms with Gasteiger partial charge in [-0.3, -0.25) is 0 Å². The molecule has 0 radical (unpaired) electrons. The number of benzene rings is 1. The van der Waals surface area contributed by atoms with Crippen molar-refractivity contribution >= 4 is 0 Å². The van der Waals surface area contributed by atoms with Crippen molar-refractivity contribution in [1.29, 1.82) is 0 Å². The summed E-state index contributed by atoms with van der Waals surface area (Å²) < 4.78 is 11.2. The largest absolute Gasteiger partial charge is 0.493 e. The second-order valence-corrected chi connectivity index (χ2v) is 4.85. The summed E-state index contributed by atoms with van der Waals surface area (Å²) >= 11 is 0. The first-order valence-corrected chi connectivity index (χ1v) is 6.84.